The molecule has 1 rings (SSSR count). The second-order valence-corrected chi connectivity index (χ2v) is 9.83. The molecule has 0 saturated carbocycles. The van der Waals surface area contributed by atoms with Crippen molar-refractivity contribution in [1.29, 1.82) is 0 Å². The van der Waals surface area contributed by atoms with E-state index in [4.69, 9.17) is 0 Å². The number of unbranched alkanes of at least 4 members (excludes halogenated alkanes) is 6. The summed E-state index contributed by atoms with van der Waals surface area (Å²) in [6, 6.07) is 0. The molecule has 1 aromatic rings. The summed E-state index contributed by atoms with van der Waals surface area (Å²) in [4.78, 5) is 0. The van der Waals surface area contributed by atoms with Crippen LogP contribution in [0.3, 0.4) is 0 Å². The first-order valence-corrected chi connectivity index (χ1v) is 10.7. The number of aryl methyl sites for hydroxylation is 2. The van der Waals surface area contributed by atoms with Gasteiger partial charge < -0.3 is 0 Å². The molecule has 0 fully saturated rings. The topological polar surface area (TPSA) is 0 Å². The van der Waals surface area contributed by atoms with E-state index in [0.717, 1.165) is 7.55 Å². The summed E-state index contributed by atoms with van der Waals surface area (Å²) in [5.74, 6) is 0. The summed E-state index contributed by atoms with van der Waals surface area (Å²) >= 11 is 0. The SMILES string of the molecule is CCCCCCCCCc1p[pH]pc1C. The first-order chi connectivity index (χ1) is 7.34. The van der Waals surface area contributed by atoms with Crippen molar-refractivity contribution in [1.82, 2.24) is 0 Å². The Labute approximate surface area is 99.3 Å². The molecule has 1 unspecified atom stereocenters. The number of rotatable bonds is 8. The Balaban J connectivity index is 1.96. The molecule has 1 aromatic heterocycles. The minimum Gasteiger partial charge on any atom is -0.0813 e. The molecule has 86 valence electrons. The lowest BCUT2D eigenvalue weighted by atomic mass is 10.1. The molecule has 0 N–H and O–H groups in total. The lowest BCUT2D eigenvalue weighted by molar-refractivity contribution is 0.590. The van der Waals surface area contributed by atoms with E-state index in [1.165, 1.54) is 51.4 Å². The molecule has 0 nitrogen and oxygen atoms in total. The van der Waals surface area contributed by atoms with E-state index in [0.29, 0.717) is 0 Å². The maximum Gasteiger partial charge on any atom is -0.00883 e. The fourth-order valence-corrected chi connectivity index (χ4v) is 8.74. The van der Waals surface area contributed by atoms with Gasteiger partial charge in [-0.2, -0.15) is 0 Å². The highest BCUT2D eigenvalue weighted by atomic mass is 32.1. The fraction of sp³-hybridized carbons (Fsp3) is 0.833. The number of hydrogen-bond donors (Lipinski definition) is 0. The summed E-state index contributed by atoms with van der Waals surface area (Å²) in [6.45, 7) is 4.61. The van der Waals surface area contributed by atoms with Gasteiger partial charge in [-0.25, -0.2) is 0 Å². The molecule has 0 saturated heterocycles. The van der Waals surface area contributed by atoms with Gasteiger partial charge in [0.25, 0.3) is 0 Å². The monoisotopic (exact) mass is 260 g/mol. The van der Waals surface area contributed by atoms with E-state index in [-0.39, 0.29) is 0 Å². The maximum absolute atomic E-state index is 2.32. The first-order valence-electron chi connectivity index (χ1n) is 6.21. The minimum atomic E-state index is 1.15. The molecule has 3 heteroatoms. The second kappa shape index (κ2) is 8.75. The van der Waals surface area contributed by atoms with Crippen LogP contribution < -0.4 is 0 Å². The third-order valence-electron chi connectivity index (χ3n) is 2.84. The molecule has 0 aliphatic heterocycles. The van der Waals surface area contributed by atoms with Crippen LogP contribution in [-0.4, -0.2) is 0 Å². The van der Waals surface area contributed by atoms with Crippen LogP contribution in [0.4, 0.5) is 0 Å². The van der Waals surface area contributed by atoms with Crippen LogP contribution in [0.2, 0.25) is 0 Å². The Morgan fingerprint density at radius 3 is 2.20 bits per heavy atom. The highest BCUT2D eigenvalue weighted by Gasteiger charge is 1.99. The van der Waals surface area contributed by atoms with Gasteiger partial charge in [-0.05, 0) is 46.1 Å². The molecule has 15 heavy (non-hydrogen) atoms. The predicted octanol–water partition coefficient (Wildman–Crippen LogP) is 6.48. The van der Waals surface area contributed by atoms with Gasteiger partial charge in [0, 0.05) is 0 Å². The normalized spacial score (nSPS) is 12.4. The van der Waals surface area contributed by atoms with Crippen molar-refractivity contribution in [3.8, 4) is 0 Å². The summed E-state index contributed by atoms with van der Waals surface area (Å²) < 4.78 is 0. The van der Waals surface area contributed by atoms with Crippen LogP contribution in [0.1, 0.15) is 62.5 Å². The Morgan fingerprint density at radius 1 is 0.933 bits per heavy atom. The molecule has 0 aromatic carbocycles. The van der Waals surface area contributed by atoms with Gasteiger partial charge in [-0.3, -0.25) is 0 Å². The summed E-state index contributed by atoms with van der Waals surface area (Å²) in [7, 11) is 4.43. The van der Waals surface area contributed by atoms with Crippen LogP contribution in [0.15, 0.2) is 0 Å². The van der Waals surface area contributed by atoms with Crippen molar-refractivity contribution < 1.29 is 0 Å². The molecular weight excluding hydrogens is 237 g/mol. The second-order valence-electron chi connectivity index (χ2n) is 4.23. The quantitative estimate of drug-likeness (QED) is 0.469. The van der Waals surface area contributed by atoms with E-state index in [1.54, 1.807) is 26.3 Å². The van der Waals surface area contributed by atoms with Crippen molar-refractivity contribution in [3.63, 3.8) is 0 Å². The minimum absolute atomic E-state index is 1.15. The van der Waals surface area contributed by atoms with E-state index in [9.17, 15) is 0 Å². The summed E-state index contributed by atoms with van der Waals surface area (Å²) in [5, 5.41) is 3.45. The summed E-state index contributed by atoms with van der Waals surface area (Å²) in [6.07, 6.45) is 11.5. The van der Waals surface area contributed by atoms with Gasteiger partial charge in [-0.1, -0.05) is 53.0 Å². The van der Waals surface area contributed by atoms with Crippen LogP contribution in [-0.2, 0) is 6.42 Å². The van der Waals surface area contributed by atoms with Gasteiger partial charge in [0.15, 0.2) is 0 Å². The molecule has 0 radical (unpaired) electrons. The van der Waals surface area contributed by atoms with Crippen LogP contribution >= 0.6 is 23.3 Å². The van der Waals surface area contributed by atoms with Crippen LogP contribution in [0, 0.1) is 6.92 Å². The van der Waals surface area contributed by atoms with Gasteiger partial charge >= 0.3 is 0 Å². The Bertz CT molecular complexity index is 255. The average molecular weight is 260 g/mol. The Kier molecular flexibility index (Phi) is 8.00. The predicted molar refractivity (Wildman–Crippen MR) is 77.4 cm³/mol. The molecule has 1 heterocycles. The van der Waals surface area contributed by atoms with E-state index < -0.39 is 0 Å². The lowest BCUT2D eigenvalue weighted by Crippen LogP contribution is -1.84. The zero-order chi connectivity index (χ0) is 10.9. The molecule has 0 aliphatic rings. The zero-order valence-electron chi connectivity index (χ0n) is 10.1. The first kappa shape index (κ1) is 13.7. The van der Waals surface area contributed by atoms with E-state index in [1.807, 2.05) is 0 Å². The molecule has 0 aliphatic carbocycles. The van der Waals surface area contributed by atoms with Crippen molar-refractivity contribution >= 4 is 23.3 Å². The highest BCUT2D eigenvalue weighted by molar-refractivity contribution is 8.17. The third kappa shape index (κ3) is 6.06. The zero-order valence-corrected chi connectivity index (χ0v) is 12.8. The Morgan fingerprint density at radius 2 is 1.60 bits per heavy atom. The average Bonchev–Trinajstić information content (AvgIpc) is 2.63. The molecule has 0 bridgehead atoms. The van der Waals surface area contributed by atoms with Crippen LogP contribution in [0.25, 0.3) is 0 Å². The van der Waals surface area contributed by atoms with Gasteiger partial charge in [0.2, 0.25) is 0 Å². The van der Waals surface area contributed by atoms with Crippen molar-refractivity contribution in [2.75, 3.05) is 0 Å². The molecule has 0 spiro atoms. The molecule has 0 amide bonds. The van der Waals surface area contributed by atoms with Crippen molar-refractivity contribution in [2.45, 2.75) is 65.2 Å². The van der Waals surface area contributed by atoms with Gasteiger partial charge in [-0.15, -0.1) is 0 Å². The Hall–Kier alpha value is 0.640. The van der Waals surface area contributed by atoms with Gasteiger partial charge in [0.05, 0.1) is 0 Å². The number of hydrogen-bond acceptors (Lipinski definition) is 0. The van der Waals surface area contributed by atoms with Crippen molar-refractivity contribution in [3.05, 3.63) is 10.6 Å². The van der Waals surface area contributed by atoms with E-state index >= 15 is 0 Å². The molecular formula is C12H23P3. The highest BCUT2D eigenvalue weighted by Crippen LogP contribution is 2.41. The standard InChI is InChI=1S/C12H23P3/c1-3-4-5-6-7-8-9-10-12-11(2)13-15-14-12/h15H,3-10H2,1-2H3. The summed E-state index contributed by atoms with van der Waals surface area (Å²) in [5.41, 5.74) is 0. The van der Waals surface area contributed by atoms with E-state index in [2.05, 4.69) is 13.8 Å². The molecule has 1 atom stereocenters. The van der Waals surface area contributed by atoms with Crippen LogP contribution in [0.5, 0.6) is 0 Å². The third-order valence-corrected chi connectivity index (χ3v) is 8.86. The fourth-order valence-electron chi connectivity index (χ4n) is 1.79. The van der Waals surface area contributed by atoms with Crippen molar-refractivity contribution in [2.24, 2.45) is 0 Å². The lowest BCUT2D eigenvalue weighted by Gasteiger charge is -2.01. The largest absolute Gasteiger partial charge is 0.0813 e. The smallest absolute Gasteiger partial charge is 0.00883 e. The maximum atomic E-state index is 2.32. The van der Waals surface area contributed by atoms with Gasteiger partial charge in [0.1, 0.15) is 0 Å².